The van der Waals surface area contributed by atoms with Crippen LogP contribution in [0.1, 0.15) is 24.8 Å². The van der Waals surface area contributed by atoms with Gasteiger partial charge in [-0.15, -0.1) is 24.2 Å². The zero-order valence-corrected chi connectivity index (χ0v) is 15.1. The number of rotatable bonds is 6. The summed E-state index contributed by atoms with van der Waals surface area (Å²) >= 11 is 1.66. The van der Waals surface area contributed by atoms with E-state index in [2.05, 4.69) is 17.4 Å². The molecule has 1 saturated heterocycles. The minimum atomic E-state index is 0. The number of hydrogen-bond acceptors (Lipinski definition) is 4. The van der Waals surface area contributed by atoms with Crippen LogP contribution in [-0.4, -0.2) is 43.8 Å². The molecule has 1 fully saturated rings. The quantitative estimate of drug-likeness (QED) is 0.806. The molecule has 124 valence electrons. The Kier molecular flexibility index (Phi) is 8.07. The second-order valence-electron chi connectivity index (χ2n) is 5.44. The van der Waals surface area contributed by atoms with Gasteiger partial charge in [0, 0.05) is 31.0 Å². The Morgan fingerprint density at radius 2 is 2.27 bits per heavy atom. The number of carbonyl (C=O) groups excluding carboxylic acids is 1. The van der Waals surface area contributed by atoms with Gasteiger partial charge in [0.05, 0.1) is 7.11 Å². The molecule has 0 saturated carbocycles. The van der Waals surface area contributed by atoms with E-state index >= 15 is 0 Å². The summed E-state index contributed by atoms with van der Waals surface area (Å²) in [5, 5.41) is 3.37. The number of nitrogens with zero attached hydrogens (tertiary/aromatic N) is 1. The van der Waals surface area contributed by atoms with Gasteiger partial charge in [-0.05, 0) is 43.3 Å². The highest BCUT2D eigenvalue weighted by Gasteiger charge is 2.20. The summed E-state index contributed by atoms with van der Waals surface area (Å²) in [6.07, 6.45) is 4.91. The Morgan fingerprint density at radius 1 is 1.50 bits per heavy atom. The summed E-state index contributed by atoms with van der Waals surface area (Å²) in [7, 11) is 3.55. The molecule has 1 atom stereocenters. The molecule has 4 nitrogen and oxygen atoms in total. The van der Waals surface area contributed by atoms with Crippen molar-refractivity contribution in [2.75, 3.05) is 27.0 Å². The van der Waals surface area contributed by atoms with Crippen LogP contribution in [0.5, 0.6) is 5.75 Å². The van der Waals surface area contributed by atoms with Crippen molar-refractivity contribution < 1.29 is 9.53 Å². The molecule has 1 aliphatic rings. The lowest BCUT2D eigenvalue weighted by atomic mass is 10.1. The summed E-state index contributed by atoms with van der Waals surface area (Å²) in [6, 6.07) is 6.48. The molecule has 0 bridgehead atoms. The average molecular weight is 345 g/mol. The number of methoxy groups -OCH3 is 1. The van der Waals surface area contributed by atoms with E-state index in [0.29, 0.717) is 19.0 Å². The Labute approximate surface area is 143 Å². The zero-order valence-electron chi connectivity index (χ0n) is 13.4. The third kappa shape index (κ3) is 5.07. The number of hydrogen-bond donors (Lipinski definition) is 1. The van der Waals surface area contributed by atoms with Crippen molar-refractivity contribution in [2.24, 2.45) is 0 Å². The third-order valence-corrected chi connectivity index (χ3v) is 4.65. The zero-order chi connectivity index (χ0) is 15.2. The van der Waals surface area contributed by atoms with Crippen LogP contribution >= 0.6 is 24.2 Å². The van der Waals surface area contributed by atoms with Crippen molar-refractivity contribution in [3.05, 3.63) is 23.8 Å². The van der Waals surface area contributed by atoms with Crippen molar-refractivity contribution in [3.8, 4) is 5.75 Å². The smallest absolute Gasteiger partial charge is 0.224 e. The van der Waals surface area contributed by atoms with Crippen LogP contribution in [0.4, 0.5) is 0 Å². The van der Waals surface area contributed by atoms with Gasteiger partial charge in [-0.3, -0.25) is 4.79 Å². The molecule has 2 rings (SSSR count). The van der Waals surface area contributed by atoms with E-state index in [1.165, 1.54) is 6.42 Å². The normalized spacial score (nSPS) is 17.0. The van der Waals surface area contributed by atoms with Crippen LogP contribution in [-0.2, 0) is 11.3 Å². The Hall–Kier alpha value is -0.910. The first-order valence-electron chi connectivity index (χ1n) is 7.32. The highest BCUT2D eigenvalue weighted by Crippen LogP contribution is 2.28. The lowest BCUT2D eigenvalue weighted by molar-refractivity contribution is -0.130. The van der Waals surface area contributed by atoms with Crippen molar-refractivity contribution >= 4 is 30.1 Å². The Bertz CT molecular complexity index is 493. The van der Waals surface area contributed by atoms with Crippen LogP contribution in [0.25, 0.3) is 0 Å². The number of ether oxygens (including phenoxy) is 1. The van der Waals surface area contributed by atoms with E-state index in [9.17, 15) is 4.79 Å². The summed E-state index contributed by atoms with van der Waals surface area (Å²) in [5.41, 5.74) is 1.10. The van der Waals surface area contributed by atoms with E-state index in [1.807, 2.05) is 19.4 Å². The first-order valence-corrected chi connectivity index (χ1v) is 8.54. The summed E-state index contributed by atoms with van der Waals surface area (Å²) < 4.78 is 5.39. The molecule has 22 heavy (non-hydrogen) atoms. The van der Waals surface area contributed by atoms with Crippen LogP contribution in [0.3, 0.4) is 0 Å². The third-order valence-electron chi connectivity index (χ3n) is 3.88. The topological polar surface area (TPSA) is 41.6 Å². The van der Waals surface area contributed by atoms with Crippen LogP contribution in [0.2, 0.25) is 0 Å². The molecule has 0 aromatic heterocycles. The molecular formula is C16H25ClN2O2S. The van der Waals surface area contributed by atoms with Crippen molar-refractivity contribution in [3.63, 3.8) is 0 Å². The van der Waals surface area contributed by atoms with Crippen molar-refractivity contribution in [1.29, 1.82) is 0 Å². The fourth-order valence-corrected chi connectivity index (χ4v) is 3.19. The number of halogens is 1. The molecule has 6 heteroatoms. The van der Waals surface area contributed by atoms with Gasteiger partial charge in [-0.1, -0.05) is 6.07 Å². The van der Waals surface area contributed by atoms with E-state index in [1.54, 1.807) is 23.8 Å². The summed E-state index contributed by atoms with van der Waals surface area (Å²) in [4.78, 5) is 15.1. The predicted molar refractivity (Wildman–Crippen MR) is 94.1 cm³/mol. The largest absolute Gasteiger partial charge is 0.496 e. The van der Waals surface area contributed by atoms with Gasteiger partial charge < -0.3 is 15.0 Å². The van der Waals surface area contributed by atoms with E-state index < -0.39 is 0 Å². The predicted octanol–water partition coefficient (Wildman–Crippen LogP) is 2.94. The maximum atomic E-state index is 12.2. The van der Waals surface area contributed by atoms with E-state index in [0.717, 1.165) is 29.2 Å². The Balaban J connectivity index is 0.00000242. The Morgan fingerprint density at radius 3 is 2.86 bits per heavy atom. The highest BCUT2D eigenvalue weighted by atomic mass is 35.5. The fraction of sp³-hybridized carbons (Fsp3) is 0.562. The first kappa shape index (κ1) is 19.1. The molecule has 1 amide bonds. The van der Waals surface area contributed by atoms with E-state index in [-0.39, 0.29) is 18.3 Å². The second-order valence-corrected chi connectivity index (χ2v) is 6.28. The number of nitrogens with one attached hydrogen (secondary N) is 1. The maximum Gasteiger partial charge on any atom is 0.224 e. The monoisotopic (exact) mass is 344 g/mol. The highest BCUT2D eigenvalue weighted by molar-refractivity contribution is 7.98. The molecule has 1 aliphatic heterocycles. The lowest BCUT2D eigenvalue weighted by Crippen LogP contribution is -2.33. The fourth-order valence-electron chi connectivity index (χ4n) is 2.64. The molecule has 1 N–H and O–H groups in total. The number of carbonyl (C=O) groups is 1. The van der Waals surface area contributed by atoms with E-state index in [4.69, 9.17) is 4.74 Å². The molecule has 0 aliphatic carbocycles. The van der Waals surface area contributed by atoms with Gasteiger partial charge in [0.2, 0.25) is 5.91 Å². The molecule has 0 radical (unpaired) electrons. The van der Waals surface area contributed by atoms with Gasteiger partial charge in [-0.25, -0.2) is 0 Å². The SMILES string of the molecule is COc1cc(CN(C)C(=O)CC2CCCN2)ccc1SC.Cl. The van der Waals surface area contributed by atoms with Crippen LogP contribution in [0, 0.1) is 0 Å². The lowest BCUT2D eigenvalue weighted by Gasteiger charge is -2.20. The second kappa shape index (κ2) is 9.28. The average Bonchev–Trinajstić information content (AvgIpc) is 2.99. The minimum Gasteiger partial charge on any atom is -0.496 e. The minimum absolute atomic E-state index is 0. The van der Waals surface area contributed by atoms with Gasteiger partial charge >= 0.3 is 0 Å². The first-order chi connectivity index (χ1) is 10.1. The van der Waals surface area contributed by atoms with Gasteiger partial charge in [0.15, 0.2) is 0 Å². The molecule has 1 heterocycles. The van der Waals surface area contributed by atoms with Crippen LogP contribution in [0.15, 0.2) is 23.1 Å². The van der Waals surface area contributed by atoms with Gasteiger partial charge in [0.25, 0.3) is 0 Å². The number of benzene rings is 1. The molecule has 1 aromatic rings. The van der Waals surface area contributed by atoms with Crippen molar-refractivity contribution in [1.82, 2.24) is 10.2 Å². The van der Waals surface area contributed by atoms with Crippen LogP contribution < -0.4 is 10.1 Å². The van der Waals surface area contributed by atoms with Gasteiger partial charge in [-0.2, -0.15) is 0 Å². The summed E-state index contributed by atoms with van der Waals surface area (Å²) in [5.74, 6) is 1.07. The molecule has 1 aromatic carbocycles. The van der Waals surface area contributed by atoms with Gasteiger partial charge in [0.1, 0.15) is 5.75 Å². The molecular weight excluding hydrogens is 320 g/mol. The molecule has 1 unspecified atom stereocenters. The number of amides is 1. The standard InChI is InChI=1S/C16H24N2O2S.ClH/c1-18(16(19)10-13-5-4-8-17-13)11-12-6-7-15(21-3)14(9-12)20-2;/h6-7,9,13,17H,4-5,8,10-11H2,1-3H3;1H. The van der Waals surface area contributed by atoms with Crippen molar-refractivity contribution in [2.45, 2.75) is 36.7 Å². The summed E-state index contributed by atoms with van der Waals surface area (Å²) in [6.45, 7) is 1.66. The molecule has 0 spiro atoms. The number of thioether (sulfide) groups is 1. The maximum absolute atomic E-state index is 12.2.